The van der Waals surface area contributed by atoms with Crippen molar-refractivity contribution in [2.24, 2.45) is 0 Å². The number of para-hydroxylation sites is 1. The molecule has 1 saturated heterocycles. The molecule has 2 aromatic heterocycles. The van der Waals surface area contributed by atoms with Gasteiger partial charge >= 0.3 is 6.03 Å². The lowest BCUT2D eigenvalue weighted by Crippen LogP contribution is -2.40. The lowest BCUT2D eigenvalue weighted by atomic mass is 9.97. The summed E-state index contributed by atoms with van der Waals surface area (Å²) in [6, 6.07) is 11.6. The Hall–Kier alpha value is -3.75. The Labute approximate surface area is 179 Å². The van der Waals surface area contributed by atoms with Crippen molar-refractivity contribution in [3.05, 3.63) is 59.7 Å². The molecule has 1 N–H and O–H groups in total. The van der Waals surface area contributed by atoms with Gasteiger partial charge in [-0.2, -0.15) is 0 Å². The van der Waals surface area contributed by atoms with Crippen LogP contribution in [0.2, 0.25) is 0 Å². The number of amides is 2. The van der Waals surface area contributed by atoms with Crippen LogP contribution in [-0.2, 0) is 0 Å². The molecule has 0 radical (unpaired) electrons. The van der Waals surface area contributed by atoms with Crippen LogP contribution in [0.15, 0.2) is 47.1 Å². The zero-order chi connectivity index (χ0) is 21.4. The third kappa shape index (κ3) is 3.74. The molecule has 3 heterocycles. The smallest absolute Gasteiger partial charge is 0.321 e. The molecule has 0 saturated carbocycles. The Morgan fingerprint density at radius 3 is 2.71 bits per heavy atom. The van der Waals surface area contributed by atoms with E-state index in [0.29, 0.717) is 18.8 Å². The van der Waals surface area contributed by atoms with Crippen LogP contribution >= 0.6 is 0 Å². The average molecular weight is 417 g/mol. The molecular formula is C22H23N7O2. The van der Waals surface area contributed by atoms with Gasteiger partial charge in [-0.15, -0.1) is 5.10 Å². The van der Waals surface area contributed by atoms with Crippen LogP contribution in [0.5, 0.6) is 0 Å². The van der Waals surface area contributed by atoms with Crippen LogP contribution in [0.3, 0.4) is 0 Å². The first-order valence-corrected chi connectivity index (χ1v) is 10.3. The van der Waals surface area contributed by atoms with Crippen LogP contribution in [0.4, 0.5) is 10.5 Å². The number of benzene rings is 2. The first-order valence-electron chi connectivity index (χ1n) is 10.3. The monoisotopic (exact) mass is 417 g/mol. The molecule has 0 spiro atoms. The van der Waals surface area contributed by atoms with Crippen LogP contribution in [0.1, 0.15) is 35.8 Å². The van der Waals surface area contributed by atoms with E-state index in [1.54, 1.807) is 4.68 Å². The Morgan fingerprint density at radius 2 is 1.97 bits per heavy atom. The fraction of sp³-hybridized carbons (Fsp3) is 0.318. The van der Waals surface area contributed by atoms with E-state index in [1.165, 1.54) is 6.33 Å². The molecule has 31 heavy (non-hydrogen) atoms. The number of aromatic nitrogens is 5. The van der Waals surface area contributed by atoms with Gasteiger partial charge in [0.25, 0.3) is 0 Å². The second-order valence-corrected chi connectivity index (χ2v) is 7.92. The van der Waals surface area contributed by atoms with E-state index < -0.39 is 0 Å². The predicted octanol–water partition coefficient (Wildman–Crippen LogP) is 3.83. The van der Waals surface area contributed by atoms with Crippen molar-refractivity contribution >= 4 is 22.8 Å². The Bertz CT molecular complexity index is 1220. The largest absolute Gasteiger partial charge is 0.440 e. The van der Waals surface area contributed by atoms with Crippen LogP contribution in [0.25, 0.3) is 16.8 Å². The standard InChI is InChI=1S/C22H23N7O2/c1-14-6-7-17(12-19(14)29-13-23-26-27-29)24-22(30)28-10-8-16(9-11-28)21-25-18-5-3-4-15(2)20(18)31-21/h3-7,12-13,16H,8-11H2,1-2H3,(H,24,30). The lowest BCUT2D eigenvalue weighted by Gasteiger charge is -2.30. The molecule has 9 nitrogen and oxygen atoms in total. The maximum absolute atomic E-state index is 12.8. The number of hydrogen-bond donors (Lipinski definition) is 1. The number of likely N-dealkylation sites (tertiary alicyclic amines) is 1. The van der Waals surface area contributed by atoms with Gasteiger partial charge in [-0.1, -0.05) is 18.2 Å². The molecule has 158 valence electrons. The van der Waals surface area contributed by atoms with E-state index >= 15 is 0 Å². The van der Waals surface area contributed by atoms with Gasteiger partial charge in [0.15, 0.2) is 11.5 Å². The van der Waals surface area contributed by atoms with Gasteiger partial charge in [0.1, 0.15) is 11.8 Å². The number of tetrazole rings is 1. The number of anilines is 1. The quantitative estimate of drug-likeness (QED) is 0.543. The fourth-order valence-electron chi connectivity index (χ4n) is 4.02. The molecular weight excluding hydrogens is 394 g/mol. The highest BCUT2D eigenvalue weighted by atomic mass is 16.3. The number of carbonyl (C=O) groups excluding carboxylic acids is 1. The second kappa shape index (κ2) is 7.82. The van der Waals surface area contributed by atoms with E-state index in [4.69, 9.17) is 4.42 Å². The highest BCUT2D eigenvalue weighted by molar-refractivity contribution is 5.89. The number of rotatable bonds is 3. The molecule has 4 aromatic rings. The zero-order valence-electron chi connectivity index (χ0n) is 17.4. The van der Waals surface area contributed by atoms with Gasteiger partial charge in [0.05, 0.1) is 5.69 Å². The van der Waals surface area contributed by atoms with E-state index in [1.807, 2.05) is 55.1 Å². The van der Waals surface area contributed by atoms with Crippen molar-refractivity contribution in [2.45, 2.75) is 32.6 Å². The van der Waals surface area contributed by atoms with E-state index in [9.17, 15) is 4.79 Å². The number of carbonyl (C=O) groups is 1. The number of nitrogens with one attached hydrogen (secondary N) is 1. The number of urea groups is 1. The van der Waals surface area contributed by atoms with Crippen molar-refractivity contribution in [3.8, 4) is 5.69 Å². The molecule has 9 heteroatoms. The maximum Gasteiger partial charge on any atom is 0.321 e. The normalized spacial score (nSPS) is 14.8. The third-order valence-electron chi connectivity index (χ3n) is 5.82. The number of aryl methyl sites for hydroxylation is 2. The van der Waals surface area contributed by atoms with Gasteiger partial charge in [0, 0.05) is 24.7 Å². The van der Waals surface area contributed by atoms with Gasteiger partial charge in [-0.3, -0.25) is 0 Å². The Kier molecular flexibility index (Phi) is 4.85. The van der Waals surface area contributed by atoms with Gasteiger partial charge < -0.3 is 14.6 Å². The summed E-state index contributed by atoms with van der Waals surface area (Å²) >= 11 is 0. The predicted molar refractivity (Wildman–Crippen MR) is 115 cm³/mol. The first-order chi connectivity index (χ1) is 15.1. The molecule has 0 unspecified atom stereocenters. The summed E-state index contributed by atoms with van der Waals surface area (Å²) in [5, 5.41) is 14.3. The molecule has 1 aliphatic rings. The highest BCUT2D eigenvalue weighted by Crippen LogP contribution is 2.31. The van der Waals surface area contributed by atoms with Crippen molar-refractivity contribution in [3.63, 3.8) is 0 Å². The van der Waals surface area contributed by atoms with E-state index in [2.05, 4.69) is 25.8 Å². The first kappa shape index (κ1) is 19.2. The summed E-state index contributed by atoms with van der Waals surface area (Å²) in [6.45, 7) is 5.31. The van der Waals surface area contributed by atoms with Crippen molar-refractivity contribution in [2.75, 3.05) is 18.4 Å². The van der Waals surface area contributed by atoms with E-state index in [-0.39, 0.29) is 11.9 Å². The minimum Gasteiger partial charge on any atom is -0.440 e. The fourth-order valence-corrected chi connectivity index (χ4v) is 4.02. The molecule has 1 fully saturated rings. The molecule has 2 amide bonds. The number of fused-ring (bicyclic) bond motifs is 1. The summed E-state index contributed by atoms with van der Waals surface area (Å²) in [5.74, 6) is 0.996. The minimum absolute atomic E-state index is 0.113. The van der Waals surface area contributed by atoms with Crippen molar-refractivity contribution < 1.29 is 9.21 Å². The summed E-state index contributed by atoms with van der Waals surface area (Å²) in [7, 11) is 0. The summed E-state index contributed by atoms with van der Waals surface area (Å²) < 4.78 is 7.62. The molecule has 0 aliphatic carbocycles. The van der Waals surface area contributed by atoms with Gasteiger partial charge in [-0.25, -0.2) is 14.5 Å². The highest BCUT2D eigenvalue weighted by Gasteiger charge is 2.27. The Morgan fingerprint density at radius 1 is 1.13 bits per heavy atom. The van der Waals surface area contributed by atoms with E-state index in [0.717, 1.165) is 46.6 Å². The number of piperidine rings is 1. The summed E-state index contributed by atoms with van der Waals surface area (Å²) in [4.78, 5) is 19.3. The van der Waals surface area contributed by atoms with Crippen LogP contribution < -0.4 is 5.32 Å². The molecule has 1 aliphatic heterocycles. The topological polar surface area (TPSA) is 102 Å². The maximum atomic E-state index is 12.8. The summed E-state index contributed by atoms with van der Waals surface area (Å²) in [5.41, 5.74) is 5.39. The SMILES string of the molecule is Cc1ccc(NC(=O)N2CCC(c3nc4cccc(C)c4o3)CC2)cc1-n1cnnn1. The zero-order valence-corrected chi connectivity index (χ0v) is 17.4. The molecule has 2 aromatic carbocycles. The van der Waals surface area contributed by atoms with Crippen molar-refractivity contribution in [1.29, 1.82) is 0 Å². The Balaban J connectivity index is 1.24. The lowest BCUT2D eigenvalue weighted by molar-refractivity contribution is 0.190. The molecule has 5 rings (SSSR count). The number of nitrogens with zero attached hydrogens (tertiary/aromatic N) is 6. The summed E-state index contributed by atoms with van der Waals surface area (Å²) in [6.07, 6.45) is 3.18. The average Bonchev–Trinajstić information content (AvgIpc) is 3.46. The number of hydrogen-bond acceptors (Lipinski definition) is 6. The van der Waals surface area contributed by atoms with Gasteiger partial charge in [-0.05, 0) is 66.4 Å². The molecule has 0 atom stereocenters. The minimum atomic E-state index is -0.113. The van der Waals surface area contributed by atoms with Gasteiger partial charge in [0.2, 0.25) is 0 Å². The van der Waals surface area contributed by atoms with Crippen LogP contribution in [-0.4, -0.2) is 49.2 Å². The molecule has 0 bridgehead atoms. The second-order valence-electron chi connectivity index (χ2n) is 7.92. The van der Waals surface area contributed by atoms with Crippen molar-refractivity contribution in [1.82, 2.24) is 30.1 Å². The number of oxazole rings is 1. The van der Waals surface area contributed by atoms with Crippen LogP contribution in [0, 0.1) is 13.8 Å². The third-order valence-corrected chi connectivity index (χ3v) is 5.82.